The molecule has 0 radical (unpaired) electrons. The van der Waals surface area contributed by atoms with Crippen LogP contribution in [0.1, 0.15) is 19.3 Å². The third-order valence-electron chi connectivity index (χ3n) is 6.80. The number of hydrogen-bond acceptors (Lipinski definition) is 2. The van der Waals surface area contributed by atoms with Gasteiger partial charge in [-0.05, 0) is 61.3 Å². The Bertz CT molecular complexity index is 415. The van der Waals surface area contributed by atoms with Crippen LogP contribution in [0.2, 0.25) is 12.1 Å². The first-order valence-corrected chi connectivity index (χ1v) is 10.1. The first-order valence-electron chi connectivity index (χ1n) is 7.72. The summed E-state index contributed by atoms with van der Waals surface area (Å²) in [5.74, 6) is 5.84. The van der Waals surface area contributed by atoms with E-state index in [-0.39, 0.29) is 0 Å². The van der Waals surface area contributed by atoms with Crippen molar-refractivity contribution in [2.24, 2.45) is 35.5 Å². The highest BCUT2D eigenvalue weighted by Gasteiger charge is 2.65. The Balaban J connectivity index is 1.48. The van der Waals surface area contributed by atoms with E-state index in [2.05, 4.69) is 18.7 Å². The minimum Gasteiger partial charge on any atom is -0.392 e. The van der Waals surface area contributed by atoms with Crippen molar-refractivity contribution in [2.75, 3.05) is 13.2 Å². The summed E-state index contributed by atoms with van der Waals surface area (Å²) in [7, 11) is -1.82. The Labute approximate surface area is 110 Å². The van der Waals surface area contributed by atoms with Crippen molar-refractivity contribution in [3.8, 4) is 0 Å². The van der Waals surface area contributed by atoms with Crippen molar-refractivity contribution >= 4 is 8.56 Å². The minimum atomic E-state index is -1.82. The molecule has 7 atom stereocenters. The summed E-state index contributed by atoms with van der Waals surface area (Å²) >= 11 is 0. The molecule has 4 aliphatic carbocycles. The van der Waals surface area contributed by atoms with Crippen LogP contribution in [0.4, 0.5) is 0 Å². The number of rotatable bonds is 1. The van der Waals surface area contributed by atoms with Gasteiger partial charge in [-0.2, -0.15) is 0 Å². The van der Waals surface area contributed by atoms with E-state index in [0.29, 0.717) is 0 Å². The second kappa shape index (κ2) is 3.31. The van der Waals surface area contributed by atoms with Gasteiger partial charge in [-0.15, -0.1) is 0 Å². The van der Waals surface area contributed by atoms with E-state index in [4.69, 9.17) is 8.85 Å². The summed E-state index contributed by atoms with van der Waals surface area (Å²) in [5, 5.41) is 0. The van der Waals surface area contributed by atoms with E-state index in [0.717, 1.165) is 54.3 Å². The highest BCUT2D eigenvalue weighted by Crippen LogP contribution is 2.70. The summed E-state index contributed by atoms with van der Waals surface area (Å²) in [6, 6.07) is 0. The van der Waals surface area contributed by atoms with E-state index in [9.17, 15) is 0 Å². The first kappa shape index (κ1) is 10.6. The smallest absolute Gasteiger partial charge is 0.338 e. The molecule has 0 amide bonds. The maximum Gasteiger partial charge on any atom is 0.338 e. The van der Waals surface area contributed by atoms with E-state index in [1.54, 1.807) is 0 Å². The Morgan fingerprint density at radius 2 is 1.67 bits per heavy atom. The molecule has 4 bridgehead atoms. The zero-order valence-corrected chi connectivity index (χ0v) is 12.0. The molecule has 0 aromatic rings. The molecular formula is C15H22O2Si. The van der Waals surface area contributed by atoms with Crippen molar-refractivity contribution in [1.82, 2.24) is 0 Å². The Morgan fingerprint density at radius 3 is 2.44 bits per heavy atom. The van der Waals surface area contributed by atoms with Crippen LogP contribution in [-0.2, 0) is 8.85 Å². The SMILES string of the molecule is C[Si]1(C2CC3CC2C2C4C=CC(C4)C32)OCCO1. The molecule has 7 unspecified atom stereocenters. The van der Waals surface area contributed by atoms with E-state index in [1.807, 2.05) is 0 Å². The molecule has 1 aliphatic heterocycles. The zero-order chi connectivity index (χ0) is 11.9. The maximum absolute atomic E-state index is 6.10. The standard InChI is InChI=1S/C15H22O2Si/c1-18(16-4-5-17-18)13-8-11-7-12(13)15-10-3-2-9(6-10)14(11)15/h2-3,9-15H,4-8H2,1H3. The van der Waals surface area contributed by atoms with Gasteiger partial charge in [0.2, 0.25) is 0 Å². The lowest BCUT2D eigenvalue weighted by atomic mass is 9.73. The van der Waals surface area contributed by atoms with Gasteiger partial charge in [0.05, 0.1) is 13.2 Å². The normalized spacial score (nSPS) is 58.6. The quantitative estimate of drug-likeness (QED) is 0.411. The molecule has 0 aromatic heterocycles. The Morgan fingerprint density at radius 1 is 0.944 bits per heavy atom. The largest absolute Gasteiger partial charge is 0.392 e. The van der Waals surface area contributed by atoms with Gasteiger partial charge in [0.1, 0.15) is 0 Å². The lowest BCUT2D eigenvalue weighted by Crippen LogP contribution is -2.44. The van der Waals surface area contributed by atoms with E-state index < -0.39 is 8.56 Å². The molecule has 5 aliphatic rings. The van der Waals surface area contributed by atoms with Crippen LogP contribution in [0.15, 0.2) is 12.2 Å². The Hall–Kier alpha value is -0.123. The number of fused-ring (bicyclic) bond motifs is 9. The third-order valence-corrected chi connectivity index (χ3v) is 10.4. The van der Waals surface area contributed by atoms with Gasteiger partial charge in [0.25, 0.3) is 0 Å². The molecule has 0 spiro atoms. The molecule has 0 aromatic carbocycles. The fourth-order valence-corrected chi connectivity index (χ4v) is 9.72. The van der Waals surface area contributed by atoms with E-state index in [1.165, 1.54) is 19.3 Å². The van der Waals surface area contributed by atoms with Crippen molar-refractivity contribution in [3.05, 3.63) is 12.2 Å². The molecule has 3 heteroatoms. The van der Waals surface area contributed by atoms with Gasteiger partial charge in [-0.3, -0.25) is 0 Å². The lowest BCUT2D eigenvalue weighted by molar-refractivity contribution is 0.180. The molecule has 4 fully saturated rings. The second-order valence-corrected chi connectivity index (χ2v) is 10.7. The van der Waals surface area contributed by atoms with Crippen LogP contribution in [0, 0.1) is 35.5 Å². The van der Waals surface area contributed by atoms with Crippen LogP contribution in [0.25, 0.3) is 0 Å². The van der Waals surface area contributed by atoms with Crippen LogP contribution in [0.3, 0.4) is 0 Å². The summed E-state index contributed by atoms with van der Waals surface area (Å²) in [6.45, 7) is 4.05. The number of hydrogen-bond donors (Lipinski definition) is 0. The van der Waals surface area contributed by atoms with Crippen LogP contribution >= 0.6 is 0 Å². The fourth-order valence-electron chi connectivity index (χ4n) is 6.36. The topological polar surface area (TPSA) is 18.5 Å². The average molecular weight is 262 g/mol. The number of allylic oxidation sites excluding steroid dienone is 2. The summed E-state index contributed by atoms with van der Waals surface area (Å²) in [5.41, 5.74) is 0.805. The van der Waals surface area contributed by atoms with Crippen LogP contribution in [0.5, 0.6) is 0 Å². The summed E-state index contributed by atoms with van der Waals surface area (Å²) < 4.78 is 12.2. The van der Waals surface area contributed by atoms with Crippen LogP contribution < -0.4 is 0 Å². The molecule has 0 N–H and O–H groups in total. The van der Waals surface area contributed by atoms with Crippen LogP contribution in [-0.4, -0.2) is 21.8 Å². The highest BCUT2D eigenvalue weighted by atomic mass is 28.4. The maximum atomic E-state index is 6.10. The van der Waals surface area contributed by atoms with Gasteiger partial charge in [0, 0.05) is 5.54 Å². The van der Waals surface area contributed by atoms with Gasteiger partial charge in [-0.1, -0.05) is 12.2 Å². The predicted octanol–water partition coefficient (Wildman–Crippen LogP) is 2.95. The van der Waals surface area contributed by atoms with Crippen molar-refractivity contribution < 1.29 is 8.85 Å². The first-order chi connectivity index (χ1) is 8.76. The molecule has 3 saturated carbocycles. The monoisotopic (exact) mass is 262 g/mol. The van der Waals surface area contributed by atoms with Crippen molar-refractivity contribution in [3.63, 3.8) is 0 Å². The van der Waals surface area contributed by atoms with Gasteiger partial charge in [-0.25, -0.2) is 0 Å². The predicted molar refractivity (Wildman–Crippen MR) is 71.2 cm³/mol. The van der Waals surface area contributed by atoms with Crippen molar-refractivity contribution in [1.29, 1.82) is 0 Å². The molecule has 2 nitrogen and oxygen atoms in total. The molecule has 1 heterocycles. The summed E-state index contributed by atoms with van der Waals surface area (Å²) in [6.07, 6.45) is 9.44. The molecular weight excluding hydrogens is 240 g/mol. The minimum absolute atomic E-state index is 0.805. The van der Waals surface area contributed by atoms with Gasteiger partial charge >= 0.3 is 8.56 Å². The highest BCUT2D eigenvalue weighted by molar-refractivity contribution is 6.68. The Kier molecular flexibility index (Phi) is 1.95. The average Bonchev–Trinajstić information content (AvgIpc) is 3.14. The molecule has 18 heavy (non-hydrogen) atoms. The molecule has 5 rings (SSSR count). The second-order valence-electron chi connectivity index (χ2n) is 7.32. The lowest BCUT2D eigenvalue weighted by Gasteiger charge is -2.40. The fraction of sp³-hybridized carbons (Fsp3) is 0.867. The zero-order valence-electron chi connectivity index (χ0n) is 11.0. The third kappa shape index (κ3) is 1.13. The molecule has 98 valence electrons. The van der Waals surface area contributed by atoms with E-state index >= 15 is 0 Å². The summed E-state index contributed by atoms with van der Waals surface area (Å²) in [4.78, 5) is 0. The van der Waals surface area contributed by atoms with Gasteiger partial charge in [0.15, 0.2) is 0 Å². The van der Waals surface area contributed by atoms with Gasteiger partial charge < -0.3 is 8.85 Å². The molecule has 1 saturated heterocycles. The van der Waals surface area contributed by atoms with Crippen molar-refractivity contribution in [2.45, 2.75) is 31.4 Å².